The molecule has 1 aliphatic heterocycles. The molecule has 3 nitrogen and oxygen atoms in total. The van der Waals surface area contributed by atoms with E-state index in [2.05, 4.69) is 11.4 Å². The van der Waals surface area contributed by atoms with Gasteiger partial charge in [0.25, 0.3) is 0 Å². The Kier molecular flexibility index (Phi) is 3.70. The minimum Gasteiger partial charge on any atom is -0.497 e. The van der Waals surface area contributed by atoms with Gasteiger partial charge in [-0.25, -0.2) is 0 Å². The quantitative estimate of drug-likeness (QED) is 0.844. The van der Waals surface area contributed by atoms with E-state index in [1.54, 1.807) is 13.4 Å². The van der Waals surface area contributed by atoms with Gasteiger partial charge in [0.2, 0.25) is 0 Å². The van der Waals surface area contributed by atoms with E-state index in [1.165, 1.54) is 0 Å². The molecule has 16 heavy (non-hydrogen) atoms. The van der Waals surface area contributed by atoms with Crippen molar-refractivity contribution in [2.75, 3.05) is 19.0 Å². The Morgan fingerprint density at radius 3 is 3.06 bits per heavy atom. The van der Waals surface area contributed by atoms with Crippen LogP contribution in [0.5, 0.6) is 5.75 Å². The lowest BCUT2D eigenvalue weighted by atomic mass is 10.1. The number of nitrogens with one attached hydrogen (secondary N) is 1. The van der Waals surface area contributed by atoms with Crippen LogP contribution >= 0.6 is 0 Å². The van der Waals surface area contributed by atoms with Gasteiger partial charge in [-0.05, 0) is 31.1 Å². The van der Waals surface area contributed by atoms with Gasteiger partial charge < -0.3 is 14.8 Å². The number of benzene rings is 1. The molecule has 0 aromatic heterocycles. The monoisotopic (exact) mass is 219 g/mol. The summed E-state index contributed by atoms with van der Waals surface area (Å²) in [7, 11) is 1.68. The maximum Gasteiger partial charge on any atom is 0.141 e. The Hall–Kier alpha value is -1.64. The lowest BCUT2D eigenvalue weighted by molar-refractivity contribution is 0.135. The fraction of sp³-hybridized carbons (Fsp3) is 0.385. The maximum absolute atomic E-state index is 5.49. The second kappa shape index (κ2) is 5.45. The van der Waals surface area contributed by atoms with Crippen LogP contribution in [0.25, 0.3) is 0 Å². The predicted octanol–water partition coefficient (Wildman–Crippen LogP) is 2.80. The molecule has 0 spiro atoms. The summed E-state index contributed by atoms with van der Waals surface area (Å²) in [5.41, 5.74) is 1.02. The second-order valence-corrected chi connectivity index (χ2v) is 3.79. The molecule has 3 heteroatoms. The van der Waals surface area contributed by atoms with Crippen molar-refractivity contribution in [2.24, 2.45) is 0 Å². The molecule has 0 radical (unpaired) electrons. The Morgan fingerprint density at radius 1 is 1.44 bits per heavy atom. The first kappa shape index (κ1) is 10.9. The topological polar surface area (TPSA) is 30.5 Å². The third-order valence-corrected chi connectivity index (χ3v) is 2.65. The average Bonchev–Trinajstić information content (AvgIpc) is 2.38. The lowest BCUT2D eigenvalue weighted by Gasteiger charge is -2.20. The van der Waals surface area contributed by atoms with Crippen LogP contribution in [0.1, 0.15) is 12.8 Å². The summed E-state index contributed by atoms with van der Waals surface area (Å²) in [6.07, 6.45) is 6.27. The van der Waals surface area contributed by atoms with Crippen LogP contribution < -0.4 is 10.1 Å². The third-order valence-electron chi connectivity index (χ3n) is 2.65. The molecule has 0 amide bonds. The normalized spacial score (nSPS) is 18.9. The Balaban J connectivity index is 1.91. The zero-order chi connectivity index (χ0) is 11.2. The Labute approximate surface area is 96.1 Å². The first-order chi connectivity index (χ1) is 7.90. The maximum atomic E-state index is 5.49. The molecule has 0 fully saturated rings. The van der Waals surface area contributed by atoms with Gasteiger partial charge in [0.05, 0.1) is 25.6 Å². The molecule has 1 unspecified atom stereocenters. The van der Waals surface area contributed by atoms with Gasteiger partial charge in [-0.15, -0.1) is 0 Å². The molecule has 2 rings (SSSR count). The predicted molar refractivity (Wildman–Crippen MR) is 64.7 cm³/mol. The van der Waals surface area contributed by atoms with Crippen molar-refractivity contribution < 1.29 is 9.47 Å². The number of methoxy groups -OCH3 is 1. The summed E-state index contributed by atoms with van der Waals surface area (Å²) in [4.78, 5) is 0. The van der Waals surface area contributed by atoms with Gasteiger partial charge in [-0.1, -0.05) is 12.1 Å². The van der Waals surface area contributed by atoms with Crippen molar-refractivity contribution >= 4 is 5.69 Å². The smallest absolute Gasteiger partial charge is 0.141 e. The molecule has 0 aliphatic carbocycles. The number of rotatable bonds is 4. The van der Waals surface area contributed by atoms with Gasteiger partial charge in [0.15, 0.2) is 0 Å². The largest absolute Gasteiger partial charge is 0.497 e. The van der Waals surface area contributed by atoms with E-state index in [1.807, 2.05) is 24.3 Å². The van der Waals surface area contributed by atoms with Gasteiger partial charge in [-0.3, -0.25) is 0 Å². The van der Waals surface area contributed by atoms with Crippen molar-refractivity contribution in [3.8, 4) is 5.75 Å². The van der Waals surface area contributed by atoms with Crippen LogP contribution in [-0.4, -0.2) is 19.8 Å². The van der Waals surface area contributed by atoms with Crippen LogP contribution in [-0.2, 0) is 4.74 Å². The zero-order valence-electron chi connectivity index (χ0n) is 9.48. The van der Waals surface area contributed by atoms with Gasteiger partial charge >= 0.3 is 0 Å². The average molecular weight is 219 g/mol. The third kappa shape index (κ3) is 2.69. The number of hydrogen-bond donors (Lipinski definition) is 1. The number of hydrogen-bond acceptors (Lipinski definition) is 3. The van der Waals surface area contributed by atoms with Crippen LogP contribution in [0.3, 0.4) is 0 Å². The lowest BCUT2D eigenvalue weighted by Crippen LogP contribution is -2.23. The fourth-order valence-corrected chi connectivity index (χ4v) is 1.75. The molecular formula is C13H17NO2. The minimum absolute atomic E-state index is 0.259. The summed E-state index contributed by atoms with van der Waals surface area (Å²) in [5.74, 6) is 0.869. The molecule has 1 aromatic rings. The van der Waals surface area contributed by atoms with Crippen molar-refractivity contribution in [3.05, 3.63) is 36.6 Å². The summed E-state index contributed by atoms with van der Waals surface area (Å²) in [6, 6.07) is 7.91. The molecule has 86 valence electrons. The standard InChI is InChI=1S/C13H17NO2/c1-15-13-8-3-2-7-12(13)14-10-11-6-4-5-9-16-11/h2-3,5,7-9,11,14H,4,6,10H2,1H3. The molecule has 1 N–H and O–H groups in total. The summed E-state index contributed by atoms with van der Waals surface area (Å²) in [6.45, 7) is 0.810. The second-order valence-electron chi connectivity index (χ2n) is 3.79. The molecule has 0 saturated carbocycles. The van der Waals surface area contributed by atoms with E-state index >= 15 is 0 Å². The van der Waals surface area contributed by atoms with Crippen LogP contribution in [0, 0.1) is 0 Å². The highest BCUT2D eigenvalue weighted by Crippen LogP contribution is 2.23. The first-order valence-corrected chi connectivity index (χ1v) is 5.57. The van der Waals surface area contributed by atoms with E-state index in [9.17, 15) is 0 Å². The van der Waals surface area contributed by atoms with Crippen LogP contribution in [0.15, 0.2) is 36.6 Å². The van der Waals surface area contributed by atoms with Crippen molar-refractivity contribution in [2.45, 2.75) is 18.9 Å². The summed E-state index contributed by atoms with van der Waals surface area (Å²) in [5, 5.41) is 3.35. The first-order valence-electron chi connectivity index (χ1n) is 5.57. The molecule has 0 saturated heterocycles. The van der Waals surface area contributed by atoms with E-state index in [0.29, 0.717) is 0 Å². The highest BCUT2D eigenvalue weighted by molar-refractivity contribution is 5.56. The highest BCUT2D eigenvalue weighted by Gasteiger charge is 2.11. The van der Waals surface area contributed by atoms with E-state index in [0.717, 1.165) is 30.8 Å². The molecule has 1 atom stereocenters. The van der Waals surface area contributed by atoms with Crippen molar-refractivity contribution in [1.82, 2.24) is 0 Å². The summed E-state index contributed by atoms with van der Waals surface area (Å²) >= 11 is 0. The zero-order valence-corrected chi connectivity index (χ0v) is 9.48. The molecular weight excluding hydrogens is 202 g/mol. The number of ether oxygens (including phenoxy) is 2. The minimum atomic E-state index is 0.259. The number of para-hydroxylation sites is 2. The highest BCUT2D eigenvalue weighted by atomic mass is 16.5. The Bertz CT molecular complexity index is 363. The fourth-order valence-electron chi connectivity index (χ4n) is 1.75. The van der Waals surface area contributed by atoms with Gasteiger partial charge in [-0.2, -0.15) is 0 Å². The van der Waals surface area contributed by atoms with Gasteiger partial charge in [0.1, 0.15) is 11.9 Å². The SMILES string of the molecule is COc1ccccc1NCC1CCC=CO1. The molecule has 1 heterocycles. The molecule has 1 aromatic carbocycles. The van der Waals surface area contributed by atoms with Crippen LogP contribution in [0.4, 0.5) is 5.69 Å². The van der Waals surface area contributed by atoms with E-state index in [-0.39, 0.29) is 6.10 Å². The van der Waals surface area contributed by atoms with Crippen molar-refractivity contribution in [1.29, 1.82) is 0 Å². The van der Waals surface area contributed by atoms with Gasteiger partial charge in [0, 0.05) is 0 Å². The molecule has 1 aliphatic rings. The van der Waals surface area contributed by atoms with Crippen LogP contribution in [0.2, 0.25) is 0 Å². The Morgan fingerprint density at radius 2 is 2.31 bits per heavy atom. The summed E-state index contributed by atoms with van der Waals surface area (Å²) < 4.78 is 10.8. The van der Waals surface area contributed by atoms with E-state index in [4.69, 9.17) is 9.47 Å². The van der Waals surface area contributed by atoms with Crippen molar-refractivity contribution in [3.63, 3.8) is 0 Å². The number of anilines is 1. The van der Waals surface area contributed by atoms with E-state index < -0.39 is 0 Å². The number of allylic oxidation sites excluding steroid dienone is 1. The molecule has 0 bridgehead atoms.